The van der Waals surface area contributed by atoms with Gasteiger partial charge in [0.15, 0.2) is 0 Å². The molecular formula is C13H15F3N2O3. The van der Waals surface area contributed by atoms with E-state index in [2.05, 4.69) is 15.4 Å². The summed E-state index contributed by atoms with van der Waals surface area (Å²) in [5.41, 5.74) is 0.756. The first-order chi connectivity index (χ1) is 9.73. The fourth-order valence-corrected chi connectivity index (χ4v) is 1.39. The Bertz CT molecular complexity index is 500. The standard InChI is InChI=1S/C13H15F3N2O3/c1-8(21-7-13(14,15)16)11(19)18-10-5-3-9(4-6-10)12(20)17-2/h3-6,8H,7H2,1-2H3,(H,17,20)(H,18,19). The highest BCUT2D eigenvalue weighted by Gasteiger charge is 2.29. The van der Waals surface area contributed by atoms with E-state index in [1.54, 1.807) is 0 Å². The SMILES string of the molecule is CNC(=O)c1ccc(NC(=O)C(C)OCC(F)(F)F)cc1. The minimum Gasteiger partial charge on any atom is -0.359 e. The van der Waals surface area contributed by atoms with Crippen LogP contribution in [0.4, 0.5) is 18.9 Å². The van der Waals surface area contributed by atoms with Crippen LogP contribution in [-0.2, 0) is 9.53 Å². The third kappa shape index (κ3) is 5.82. The Hall–Kier alpha value is -2.09. The molecule has 116 valence electrons. The second kappa shape index (κ2) is 7.07. The maximum Gasteiger partial charge on any atom is 0.411 e. The number of hydrogen-bond donors (Lipinski definition) is 2. The zero-order valence-corrected chi connectivity index (χ0v) is 11.5. The van der Waals surface area contributed by atoms with Gasteiger partial charge in [0.05, 0.1) is 0 Å². The molecule has 1 atom stereocenters. The number of halogens is 3. The van der Waals surface area contributed by atoms with Crippen molar-refractivity contribution in [3.05, 3.63) is 29.8 Å². The van der Waals surface area contributed by atoms with Crippen LogP contribution in [0.5, 0.6) is 0 Å². The molecule has 21 heavy (non-hydrogen) atoms. The number of alkyl halides is 3. The molecule has 1 aromatic carbocycles. The van der Waals surface area contributed by atoms with Crippen molar-refractivity contribution < 1.29 is 27.5 Å². The van der Waals surface area contributed by atoms with Gasteiger partial charge in [-0.3, -0.25) is 9.59 Å². The summed E-state index contributed by atoms with van der Waals surface area (Å²) in [7, 11) is 1.48. The van der Waals surface area contributed by atoms with E-state index >= 15 is 0 Å². The summed E-state index contributed by atoms with van der Waals surface area (Å²) < 4.78 is 40.3. The van der Waals surface area contributed by atoms with Gasteiger partial charge in [-0.2, -0.15) is 13.2 Å². The third-order valence-electron chi connectivity index (χ3n) is 2.51. The molecule has 1 unspecified atom stereocenters. The minimum absolute atomic E-state index is 0.283. The van der Waals surface area contributed by atoms with Gasteiger partial charge < -0.3 is 15.4 Å². The number of nitrogens with one attached hydrogen (secondary N) is 2. The lowest BCUT2D eigenvalue weighted by molar-refractivity contribution is -0.184. The molecule has 0 spiro atoms. The average molecular weight is 304 g/mol. The van der Waals surface area contributed by atoms with E-state index in [0.717, 1.165) is 0 Å². The van der Waals surface area contributed by atoms with Gasteiger partial charge in [-0.1, -0.05) is 0 Å². The van der Waals surface area contributed by atoms with E-state index in [9.17, 15) is 22.8 Å². The molecule has 0 saturated carbocycles. The number of carbonyl (C=O) groups is 2. The Labute approximate surface area is 119 Å². The normalized spacial score (nSPS) is 12.6. The minimum atomic E-state index is -4.48. The summed E-state index contributed by atoms with van der Waals surface area (Å²) in [6.45, 7) is -0.267. The number of anilines is 1. The molecule has 0 fully saturated rings. The lowest BCUT2D eigenvalue weighted by atomic mass is 10.2. The second-order valence-corrected chi connectivity index (χ2v) is 4.21. The number of hydrogen-bond acceptors (Lipinski definition) is 3. The first-order valence-electron chi connectivity index (χ1n) is 6.04. The van der Waals surface area contributed by atoms with Gasteiger partial charge in [-0.15, -0.1) is 0 Å². The quantitative estimate of drug-likeness (QED) is 0.874. The van der Waals surface area contributed by atoms with Crippen molar-refractivity contribution >= 4 is 17.5 Å². The molecule has 0 bridgehead atoms. The van der Waals surface area contributed by atoms with Crippen molar-refractivity contribution in [2.24, 2.45) is 0 Å². The predicted octanol–water partition coefficient (Wildman–Crippen LogP) is 1.95. The highest BCUT2D eigenvalue weighted by atomic mass is 19.4. The summed E-state index contributed by atoms with van der Waals surface area (Å²) in [5.74, 6) is -0.985. The van der Waals surface area contributed by atoms with Gasteiger partial charge in [0.25, 0.3) is 11.8 Å². The fourth-order valence-electron chi connectivity index (χ4n) is 1.39. The zero-order valence-electron chi connectivity index (χ0n) is 11.5. The van der Waals surface area contributed by atoms with E-state index in [0.29, 0.717) is 11.3 Å². The molecule has 0 aliphatic rings. The van der Waals surface area contributed by atoms with Gasteiger partial charge in [-0.25, -0.2) is 0 Å². The molecule has 2 amide bonds. The number of amides is 2. The van der Waals surface area contributed by atoms with E-state index in [-0.39, 0.29) is 5.91 Å². The first kappa shape index (κ1) is 17.0. The van der Waals surface area contributed by atoms with Crippen molar-refractivity contribution in [2.45, 2.75) is 19.2 Å². The van der Waals surface area contributed by atoms with Crippen LogP contribution >= 0.6 is 0 Å². The van der Waals surface area contributed by atoms with Gasteiger partial charge in [0.2, 0.25) is 0 Å². The van der Waals surface area contributed by atoms with E-state index in [4.69, 9.17) is 0 Å². The second-order valence-electron chi connectivity index (χ2n) is 4.21. The van der Waals surface area contributed by atoms with E-state index in [1.807, 2.05) is 0 Å². The molecule has 5 nitrogen and oxygen atoms in total. The van der Waals surface area contributed by atoms with E-state index in [1.165, 1.54) is 38.2 Å². The van der Waals surface area contributed by atoms with Crippen LogP contribution in [0, 0.1) is 0 Å². The van der Waals surface area contributed by atoms with Gasteiger partial charge in [0.1, 0.15) is 12.7 Å². The van der Waals surface area contributed by atoms with Gasteiger partial charge in [-0.05, 0) is 31.2 Å². The summed E-state index contributed by atoms with van der Waals surface area (Å²) in [6, 6.07) is 5.91. The van der Waals surface area contributed by atoms with Crippen molar-refractivity contribution in [1.82, 2.24) is 5.32 Å². The molecule has 0 aliphatic carbocycles. The molecule has 1 aromatic rings. The molecule has 8 heteroatoms. The van der Waals surface area contributed by atoms with Crippen molar-refractivity contribution in [2.75, 3.05) is 19.0 Å². The zero-order chi connectivity index (χ0) is 16.0. The maximum absolute atomic E-state index is 12.0. The Morgan fingerprint density at radius 2 is 1.81 bits per heavy atom. The van der Waals surface area contributed by atoms with Gasteiger partial charge in [0, 0.05) is 18.3 Å². The molecule has 0 radical (unpaired) electrons. The molecule has 2 N–H and O–H groups in total. The number of benzene rings is 1. The van der Waals surface area contributed by atoms with Crippen LogP contribution in [0.3, 0.4) is 0 Å². The Balaban J connectivity index is 2.56. The average Bonchev–Trinajstić information content (AvgIpc) is 2.43. The van der Waals surface area contributed by atoms with Gasteiger partial charge >= 0.3 is 6.18 Å². The number of rotatable bonds is 5. The van der Waals surface area contributed by atoms with Crippen LogP contribution < -0.4 is 10.6 Å². The smallest absolute Gasteiger partial charge is 0.359 e. The Morgan fingerprint density at radius 3 is 2.29 bits per heavy atom. The summed E-state index contributed by atoms with van der Waals surface area (Å²) in [5, 5.41) is 4.84. The molecular weight excluding hydrogens is 289 g/mol. The predicted molar refractivity (Wildman–Crippen MR) is 69.9 cm³/mol. The van der Waals surface area contributed by atoms with Crippen molar-refractivity contribution in [3.63, 3.8) is 0 Å². The largest absolute Gasteiger partial charge is 0.411 e. The number of carbonyl (C=O) groups excluding carboxylic acids is 2. The van der Waals surface area contributed by atoms with Crippen LogP contribution in [0.15, 0.2) is 24.3 Å². The maximum atomic E-state index is 12.0. The van der Waals surface area contributed by atoms with E-state index < -0.39 is 24.8 Å². The molecule has 0 heterocycles. The van der Waals surface area contributed by atoms with Crippen LogP contribution in [0.2, 0.25) is 0 Å². The monoisotopic (exact) mass is 304 g/mol. The Kier molecular flexibility index (Phi) is 5.71. The molecule has 0 saturated heterocycles. The first-order valence-corrected chi connectivity index (χ1v) is 6.04. The van der Waals surface area contributed by atoms with Crippen molar-refractivity contribution in [3.8, 4) is 0 Å². The Morgan fingerprint density at radius 1 is 1.24 bits per heavy atom. The highest BCUT2D eigenvalue weighted by molar-refractivity contribution is 5.96. The third-order valence-corrected chi connectivity index (χ3v) is 2.51. The number of ether oxygens (including phenoxy) is 1. The summed E-state index contributed by atoms with van der Waals surface area (Å²) in [4.78, 5) is 22.9. The molecule has 0 aromatic heterocycles. The lowest BCUT2D eigenvalue weighted by Crippen LogP contribution is -2.31. The summed E-state index contributed by atoms with van der Waals surface area (Å²) in [6.07, 6.45) is -5.73. The fraction of sp³-hybridized carbons (Fsp3) is 0.385. The lowest BCUT2D eigenvalue weighted by Gasteiger charge is -2.14. The highest BCUT2D eigenvalue weighted by Crippen LogP contribution is 2.16. The van der Waals surface area contributed by atoms with Crippen LogP contribution in [-0.4, -0.2) is 37.7 Å². The van der Waals surface area contributed by atoms with Crippen molar-refractivity contribution in [1.29, 1.82) is 0 Å². The molecule has 1 rings (SSSR count). The van der Waals surface area contributed by atoms with Crippen LogP contribution in [0.25, 0.3) is 0 Å². The summed E-state index contributed by atoms with van der Waals surface area (Å²) >= 11 is 0. The topological polar surface area (TPSA) is 67.4 Å². The molecule has 0 aliphatic heterocycles. The van der Waals surface area contributed by atoms with Crippen LogP contribution in [0.1, 0.15) is 17.3 Å².